The Morgan fingerprint density at radius 3 is 3.04 bits per heavy atom. The van der Waals surface area contributed by atoms with Crippen LogP contribution in [-0.4, -0.2) is 71.7 Å². The topological polar surface area (TPSA) is 92.3 Å². The molecule has 0 radical (unpaired) electrons. The van der Waals surface area contributed by atoms with Crippen molar-refractivity contribution >= 4 is 17.5 Å². The van der Waals surface area contributed by atoms with E-state index in [-0.39, 0.29) is 11.9 Å². The molecule has 142 valence electrons. The van der Waals surface area contributed by atoms with Crippen molar-refractivity contribution in [3.63, 3.8) is 0 Å². The fraction of sp³-hybridized carbons (Fsp3) is 0.444. The van der Waals surface area contributed by atoms with Crippen LogP contribution in [0.15, 0.2) is 24.5 Å². The van der Waals surface area contributed by atoms with Gasteiger partial charge in [-0.1, -0.05) is 11.6 Å². The number of morpholine rings is 1. The highest BCUT2D eigenvalue weighted by Gasteiger charge is 2.34. The van der Waals surface area contributed by atoms with Gasteiger partial charge in [0.15, 0.2) is 0 Å². The highest BCUT2D eigenvalue weighted by atomic mass is 35.5. The van der Waals surface area contributed by atoms with Gasteiger partial charge in [0.1, 0.15) is 17.2 Å². The van der Waals surface area contributed by atoms with Gasteiger partial charge in [0.05, 0.1) is 24.6 Å². The molecule has 2 aromatic rings. The second-order valence-corrected chi connectivity index (χ2v) is 7.00. The van der Waals surface area contributed by atoms with Crippen LogP contribution >= 0.6 is 11.6 Å². The van der Waals surface area contributed by atoms with E-state index in [1.165, 1.54) is 6.33 Å². The molecule has 2 aliphatic rings. The van der Waals surface area contributed by atoms with Crippen molar-refractivity contribution in [1.29, 1.82) is 0 Å². The normalized spacial score (nSPS) is 22.9. The average molecular weight is 389 g/mol. The molecule has 2 fully saturated rings. The molecule has 2 saturated heterocycles. The van der Waals surface area contributed by atoms with Crippen molar-refractivity contribution < 1.29 is 9.53 Å². The molecule has 4 rings (SSSR count). The number of aromatic nitrogens is 3. The van der Waals surface area contributed by atoms with E-state index in [2.05, 4.69) is 30.5 Å². The molecule has 0 spiro atoms. The summed E-state index contributed by atoms with van der Waals surface area (Å²) in [6, 6.07) is 6.05. The van der Waals surface area contributed by atoms with Gasteiger partial charge in [-0.15, -0.1) is 0 Å². The Labute approximate surface area is 162 Å². The van der Waals surface area contributed by atoms with Gasteiger partial charge in [-0.3, -0.25) is 9.69 Å². The lowest BCUT2D eigenvalue weighted by Gasteiger charge is -2.45. The van der Waals surface area contributed by atoms with E-state index in [1.807, 2.05) is 12.1 Å². The molecule has 2 aliphatic heterocycles. The maximum absolute atomic E-state index is 11.9. The predicted octanol–water partition coefficient (Wildman–Crippen LogP) is 0.897. The van der Waals surface area contributed by atoms with E-state index >= 15 is 0 Å². The molecule has 9 heteroatoms. The molecule has 0 saturated carbocycles. The number of ether oxygens (including phenoxy) is 1. The van der Waals surface area contributed by atoms with Gasteiger partial charge in [-0.25, -0.2) is 15.0 Å². The highest BCUT2D eigenvalue weighted by Crippen LogP contribution is 2.30. The van der Waals surface area contributed by atoms with Crippen LogP contribution < -0.4 is 10.6 Å². The van der Waals surface area contributed by atoms with E-state index in [4.69, 9.17) is 16.3 Å². The van der Waals surface area contributed by atoms with E-state index in [0.717, 1.165) is 38.4 Å². The number of halogens is 1. The molecule has 0 bridgehead atoms. The third-order valence-corrected chi connectivity index (χ3v) is 5.18. The molecule has 4 heterocycles. The van der Waals surface area contributed by atoms with Gasteiger partial charge >= 0.3 is 0 Å². The Kier molecular flexibility index (Phi) is 5.31. The molecule has 2 aromatic heterocycles. The van der Waals surface area contributed by atoms with Crippen molar-refractivity contribution in [3.05, 3.63) is 40.9 Å². The number of rotatable bonds is 3. The van der Waals surface area contributed by atoms with Gasteiger partial charge in [0.2, 0.25) is 0 Å². The zero-order valence-corrected chi connectivity index (χ0v) is 15.7. The molecular weight excluding hydrogens is 368 g/mol. The molecule has 0 aromatic carbocycles. The summed E-state index contributed by atoms with van der Waals surface area (Å²) in [5.74, 6) is -0.270. The molecular formula is C18H21ClN6O2. The zero-order valence-electron chi connectivity index (χ0n) is 15.0. The van der Waals surface area contributed by atoms with Crippen LogP contribution in [0, 0.1) is 0 Å². The summed E-state index contributed by atoms with van der Waals surface area (Å²) in [6.07, 6.45) is 1.36. The largest absolute Gasteiger partial charge is 0.378 e. The van der Waals surface area contributed by atoms with E-state index in [9.17, 15) is 4.79 Å². The lowest BCUT2D eigenvalue weighted by Crippen LogP contribution is -2.58. The van der Waals surface area contributed by atoms with Crippen LogP contribution in [0.4, 0.5) is 0 Å². The molecule has 8 nitrogen and oxygen atoms in total. The first kappa shape index (κ1) is 18.2. The number of nitrogens with zero attached hydrogens (tertiary/aromatic N) is 4. The summed E-state index contributed by atoms with van der Waals surface area (Å²) in [5, 5.41) is 6.44. The molecule has 2 N–H and O–H groups in total. The first-order chi connectivity index (χ1) is 13.2. The summed E-state index contributed by atoms with van der Waals surface area (Å²) in [5.41, 5.74) is 2.55. The van der Waals surface area contributed by atoms with Crippen molar-refractivity contribution in [1.82, 2.24) is 30.5 Å². The SMILES string of the molecule is CNC(=O)c1cc(-c2cc(C3CNCC4COCCN43)cc(Cl)n2)ncn1. The minimum absolute atomic E-state index is 0.187. The average Bonchev–Trinajstić information content (AvgIpc) is 2.72. The Bertz CT molecular complexity index is 846. The third kappa shape index (κ3) is 3.79. The van der Waals surface area contributed by atoms with Gasteiger partial charge in [0, 0.05) is 38.8 Å². The summed E-state index contributed by atoms with van der Waals surface area (Å²) in [4.78, 5) is 27.0. The number of amides is 1. The number of fused-ring (bicyclic) bond motifs is 1. The smallest absolute Gasteiger partial charge is 0.269 e. The van der Waals surface area contributed by atoms with Crippen molar-refractivity contribution in [2.75, 3.05) is 39.9 Å². The number of hydrogen-bond donors (Lipinski definition) is 2. The number of pyridine rings is 1. The molecule has 0 aliphatic carbocycles. The first-order valence-electron chi connectivity index (χ1n) is 8.92. The van der Waals surface area contributed by atoms with Crippen molar-refractivity contribution in [2.24, 2.45) is 0 Å². The van der Waals surface area contributed by atoms with E-state index in [0.29, 0.717) is 28.3 Å². The van der Waals surface area contributed by atoms with Gasteiger partial charge in [-0.2, -0.15) is 0 Å². The predicted molar refractivity (Wildman–Crippen MR) is 101 cm³/mol. The Morgan fingerprint density at radius 1 is 1.30 bits per heavy atom. The number of nitrogens with one attached hydrogen (secondary N) is 2. The van der Waals surface area contributed by atoms with Crippen molar-refractivity contribution in [3.8, 4) is 11.4 Å². The maximum atomic E-state index is 11.9. The Balaban J connectivity index is 1.69. The quantitative estimate of drug-likeness (QED) is 0.754. The Hall–Kier alpha value is -2.13. The maximum Gasteiger partial charge on any atom is 0.269 e. The van der Waals surface area contributed by atoms with Crippen LogP contribution in [0.5, 0.6) is 0 Å². The molecule has 27 heavy (non-hydrogen) atoms. The molecule has 2 unspecified atom stereocenters. The van der Waals surface area contributed by atoms with E-state index in [1.54, 1.807) is 13.1 Å². The third-order valence-electron chi connectivity index (χ3n) is 4.98. The van der Waals surface area contributed by atoms with Crippen LogP contribution in [0.25, 0.3) is 11.4 Å². The van der Waals surface area contributed by atoms with E-state index < -0.39 is 0 Å². The lowest BCUT2D eigenvalue weighted by atomic mass is 9.99. The fourth-order valence-corrected chi connectivity index (χ4v) is 3.87. The number of carbonyl (C=O) groups excluding carboxylic acids is 1. The fourth-order valence-electron chi connectivity index (χ4n) is 3.66. The van der Waals surface area contributed by atoms with Crippen LogP contribution in [-0.2, 0) is 4.74 Å². The number of carbonyl (C=O) groups is 1. The van der Waals surface area contributed by atoms with Crippen molar-refractivity contribution in [2.45, 2.75) is 12.1 Å². The van der Waals surface area contributed by atoms with Gasteiger partial charge in [-0.05, 0) is 23.8 Å². The summed E-state index contributed by atoms with van der Waals surface area (Å²) >= 11 is 6.33. The first-order valence-corrected chi connectivity index (χ1v) is 9.29. The monoisotopic (exact) mass is 388 g/mol. The standard InChI is InChI=1S/C18H21ClN6O2/c1-20-18(26)15-6-13(22-10-23-15)14-4-11(5-17(19)24-14)16-8-21-7-12-9-27-3-2-25(12)16/h4-6,10,12,16,21H,2-3,7-9H2,1H3,(H,20,26). The van der Waals surface area contributed by atoms with Crippen LogP contribution in [0.1, 0.15) is 22.1 Å². The van der Waals surface area contributed by atoms with Crippen LogP contribution in [0.2, 0.25) is 5.15 Å². The minimum atomic E-state index is -0.270. The molecule has 2 atom stereocenters. The highest BCUT2D eigenvalue weighted by molar-refractivity contribution is 6.29. The lowest BCUT2D eigenvalue weighted by molar-refractivity contribution is -0.0427. The summed E-state index contributed by atoms with van der Waals surface area (Å²) < 4.78 is 5.61. The van der Waals surface area contributed by atoms with Gasteiger partial charge in [0.25, 0.3) is 5.91 Å². The minimum Gasteiger partial charge on any atom is -0.378 e. The number of piperazine rings is 1. The van der Waals surface area contributed by atoms with Gasteiger partial charge < -0.3 is 15.4 Å². The number of hydrogen-bond acceptors (Lipinski definition) is 7. The van der Waals surface area contributed by atoms with Crippen LogP contribution in [0.3, 0.4) is 0 Å². The second kappa shape index (κ2) is 7.85. The second-order valence-electron chi connectivity index (χ2n) is 6.62. The molecule has 1 amide bonds. The zero-order chi connectivity index (χ0) is 18.8. The summed E-state index contributed by atoms with van der Waals surface area (Å²) in [7, 11) is 1.56. The summed E-state index contributed by atoms with van der Waals surface area (Å²) in [6.45, 7) is 4.12. The Morgan fingerprint density at radius 2 is 2.19 bits per heavy atom.